The normalized spacial score (nSPS) is 15.5. The van der Waals surface area contributed by atoms with Gasteiger partial charge in [0.1, 0.15) is 0 Å². The van der Waals surface area contributed by atoms with E-state index in [0.717, 1.165) is 18.4 Å². The second-order valence-corrected chi connectivity index (χ2v) is 9.75. The number of halogens is 2. The number of guanidine groups is 1. The van der Waals surface area contributed by atoms with Crippen LogP contribution in [0.1, 0.15) is 44.7 Å². The van der Waals surface area contributed by atoms with E-state index >= 15 is 0 Å². The van der Waals surface area contributed by atoms with Gasteiger partial charge in [0.05, 0.1) is 18.4 Å². The van der Waals surface area contributed by atoms with Crippen molar-refractivity contribution in [2.75, 3.05) is 39.5 Å². The van der Waals surface area contributed by atoms with Crippen molar-refractivity contribution in [1.82, 2.24) is 14.9 Å². The first-order chi connectivity index (χ1) is 13.8. The van der Waals surface area contributed by atoms with Crippen LogP contribution in [0, 0.1) is 11.7 Å². The molecule has 1 aromatic rings. The van der Waals surface area contributed by atoms with E-state index in [1.54, 1.807) is 27.1 Å². The smallest absolute Gasteiger partial charge is 0.213 e. The second-order valence-electron chi connectivity index (χ2n) is 7.38. The van der Waals surface area contributed by atoms with E-state index in [-0.39, 0.29) is 41.6 Å². The van der Waals surface area contributed by atoms with Crippen molar-refractivity contribution in [1.29, 1.82) is 0 Å². The fourth-order valence-electron chi connectivity index (χ4n) is 2.75. The average molecular weight is 556 g/mol. The van der Waals surface area contributed by atoms with Gasteiger partial charge in [-0.25, -0.2) is 17.1 Å². The highest BCUT2D eigenvalue weighted by atomic mass is 127. The van der Waals surface area contributed by atoms with Gasteiger partial charge >= 0.3 is 0 Å². The van der Waals surface area contributed by atoms with Crippen LogP contribution in [0.3, 0.4) is 0 Å². The first-order valence-electron chi connectivity index (χ1n) is 10.1. The predicted molar refractivity (Wildman–Crippen MR) is 130 cm³/mol. The minimum atomic E-state index is -3.16. The Morgan fingerprint density at radius 2 is 2.10 bits per heavy atom. The SMILES string of the molecule is CCS(=O)(=O)N(C)CCCNC(=NC)NC(C)c1ccc(OCC2CC2)c(F)c1.I. The number of benzene rings is 1. The van der Waals surface area contributed by atoms with Crippen molar-refractivity contribution in [3.8, 4) is 5.75 Å². The molecule has 0 aliphatic heterocycles. The predicted octanol–water partition coefficient (Wildman–Crippen LogP) is 3.13. The zero-order chi connectivity index (χ0) is 21.4. The lowest BCUT2D eigenvalue weighted by molar-refractivity contribution is 0.285. The van der Waals surface area contributed by atoms with Crippen molar-refractivity contribution in [2.45, 2.75) is 39.2 Å². The van der Waals surface area contributed by atoms with Crippen LogP contribution in [0.2, 0.25) is 0 Å². The Morgan fingerprint density at radius 1 is 1.40 bits per heavy atom. The maximum absolute atomic E-state index is 14.3. The molecule has 0 heterocycles. The van der Waals surface area contributed by atoms with Gasteiger partial charge in [0.2, 0.25) is 10.0 Å². The average Bonchev–Trinajstić information content (AvgIpc) is 3.53. The number of rotatable bonds is 11. The molecule has 1 unspecified atom stereocenters. The molecular weight excluding hydrogens is 522 g/mol. The number of ether oxygens (including phenoxy) is 1. The zero-order valence-electron chi connectivity index (χ0n) is 18.2. The molecule has 1 aromatic carbocycles. The minimum absolute atomic E-state index is 0. The highest BCUT2D eigenvalue weighted by molar-refractivity contribution is 14.0. The summed E-state index contributed by atoms with van der Waals surface area (Å²) in [6.45, 7) is 5.14. The van der Waals surface area contributed by atoms with Crippen LogP contribution >= 0.6 is 24.0 Å². The molecule has 1 aliphatic rings. The van der Waals surface area contributed by atoms with E-state index in [2.05, 4.69) is 15.6 Å². The topological polar surface area (TPSA) is 83.0 Å². The van der Waals surface area contributed by atoms with Crippen LogP contribution in [-0.4, -0.2) is 58.2 Å². The summed E-state index contributed by atoms with van der Waals surface area (Å²) in [7, 11) is 0.0829. The molecule has 10 heteroatoms. The van der Waals surface area contributed by atoms with Gasteiger partial charge in [-0.05, 0) is 56.7 Å². The first kappa shape index (κ1) is 26.9. The van der Waals surface area contributed by atoms with E-state index in [0.29, 0.717) is 43.7 Å². The number of nitrogens with zero attached hydrogens (tertiary/aromatic N) is 2. The van der Waals surface area contributed by atoms with E-state index in [9.17, 15) is 12.8 Å². The van der Waals surface area contributed by atoms with E-state index in [1.807, 2.05) is 13.0 Å². The van der Waals surface area contributed by atoms with Gasteiger partial charge < -0.3 is 15.4 Å². The number of hydrogen-bond donors (Lipinski definition) is 2. The van der Waals surface area contributed by atoms with E-state index in [4.69, 9.17) is 4.74 Å². The lowest BCUT2D eigenvalue weighted by atomic mass is 10.1. The summed E-state index contributed by atoms with van der Waals surface area (Å²) >= 11 is 0. The molecule has 0 radical (unpaired) electrons. The zero-order valence-corrected chi connectivity index (χ0v) is 21.3. The maximum atomic E-state index is 14.3. The molecule has 2 N–H and O–H groups in total. The Labute approximate surface area is 196 Å². The molecule has 0 spiro atoms. The quantitative estimate of drug-likeness (QED) is 0.190. The van der Waals surface area contributed by atoms with Gasteiger partial charge in [0.25, 0.3) is 0 Å². The minimum Gasteiger partial charge on any atom is -0.490 e. The van der Waals surface area contributed by atoms with Crippen LogP contribution in [0.25, 0.3) is 0 Å². The molecule has 30 heavy (non-hydrogen) atoms. The molecular formula is C20H34FIN4O3S. The molecule has 1 aliphatic carbocycles. The molecule has 2 rings (SSSR count). The summed E-state index contributed by atoms with van der Waals surface area (Å²) in [5, 5.41) is 6.38. The van der Waals surface area contributed by atoms with Crippen LogP contribution in [0.5, 0.6) is 5.75 Å². The molecule has 1 fully saturated rings. The van der Waals surface area contributed by atoms with Crippen molar-refractivity contribution < 1.29 is 17.5 Å². The molecule has 1 saturated carbocycles. The Bertz CT molecular complexity index is 803. The number of sulfonamides is 1. The molecule has 0 saturated heterocycles. The number of aliphatic imine (C=N–C) groups is 1. The Balaban J connectivity index is 0.00000450. The summed E-state index contributed by atoms with van der Waals surface area (Å²) in [5.41, 5.74) is 0.790. The summed E-state index contributed by atoms with van der Waals surface area (Å²) in [4.78, 5) is 4.18. The third-order valence-electron chi connectivity index (χ3n) is 4.99. The van der Waals surface area contributed by atoms with Gasteiger partial charge in [-0.2, -0.15) is 0 Å². The van der Waals surface area contributed by atoms with Gasteiger partial charge in [-0.15, -0.1) is 24.0 Å². The second kappa shape index (κ2) is 12.7. The third kappa shape index (κ3) is 8.54. The lowest BCUT2D eigenvalue weighted by Gasteiger charge is -2.20. The Hall–Kier alpha value is -1.14. The van der Waals surface area contributed by atoms with Crippen molar-refractivity contribution in [2.24, 2.45) is 10.9 Å². The van der Waals surface area contributed by atoms with Crippen molar-refractivity contribution >= 4 is 40.0 Å². The molecule has 0 aromatic heterocycles. The lowest BCUT2D eigenvalue weighted by Crippen LogP contribution is -2.40. The van der Waals surface area contributed by atoms with Gasteiger partial charge in [-0.3, -0.25) is 4.99 Å². The molecule has 172 valence electrons. The Morgan fingerprint density at radius 3 is 2.67 bits per heavy atom. The van der Waals surface area contributed by atoms with Crippen LogP contribution in [-0.2, 0) is 10.0 Å². The van der Waals surface area contributed by atoms with Gasteiger partial charge in [-0.1, -0.05) is 6.07 Å². The number of hydrogen-bond acceptors (Lipinski definition) is 4. The molecule has 7 nitrogen and oxygen atoms in total. The summed E-state index contributed by atoms with van der Waals surface area (Å²) in [6, 6.07) is 4.85. The van der Waals surface area contributed by atoms with Gasteiger partial charge in [0, 0.05) is 27.2 Å². The van der Waals surface area contributed by atoms with E-state index in [1.165, 1.54) is 10.4 Å². The molecule has 0 bridgehead atoms. The molecule has 0 amide bonds. The molecule has 1 atom stereocenters. The van der Waals surface area contributed by atoms with Crippen molar-refractivity contribution in [3.63, 3.8) is 0 Å². The summed E-state index contributed by atoms with van der Waals surface area (Å²) in [6.07, 6.45) is 2.97. The van der Waals surface area contributed by atoms with Crippen molar-refractivity contribution in [3.05, 3.63) is 29.6 Å². The standard InChI is InChI=1S/C20H33FN4O3S.HI/c1-5-29(26,27)25(4)12-6-11-23-20(22-3)24-15(2)17-9-10-19(18(21)13-17)28-14-16-7-8-16;/h9-10,13,15-16H,5-8,11-12,14H2,1-4H3,(H2,22,23,24);1H. The Kier molecular flexibility index (Phi) is 11.3. The van der Waals surface area contributed by atoms with Crippen LogP contribution in [0.15, 0.2) is 23.2 Å². The highest BCUT2D eigenvalue weighted by Gasteiger charge is 2.22. The fraction of sp³-hybridized carbons (Fsp3) is 0.650. The van der Waals surface area contributed by atoms with Gasteiger partial charge in [0.15, 0.2) is 17.5 Å². The van der Waals surface area contributed by atoms with E-state index < -0.39 is 10.0 Å². The largest absolute Gasteiger partial charge is 0.490 e. The maximum Gasteiger partial charge on any atom is 0.213 e. The third-order valence-corrected chi connectivity index (χ3v) is 6.85. The first-order valence-corrected chi connectivity index (χ1v) is 11.7. The monoisotopic (exact) mass is 556 g/mol. The fourth-order valence-corrected chi connectivity index (χ4v) is 3.59. The van der Waals surface area contributed by atoms with Crippen LogP contribution in [0.4, 0.5) is 4.39 Å². The van der Waals surface area contributed by atoms with Crippen LogP contribution < -0.4 is 15.4 Å². The summed E-state index contributed by atoms with van der Waals surface area (Å²) in [5.74, 6) is 1.18. The number of nitrogens with one attached hydrogen (secondary N) is 2. The summed E-state index contributed by atoms with van der Waals surface area (Å²) < 4.78 is 44.7. The highest BCUT2D eigenvalue weighted by Crippen LogP contribution is 2.30.